The van der Waals surface area contributed by atoms with Gasteiger partial charge in [0.05, 0.1) is 13.2 Å². The largest absolute Gasteiger partial charge is 0.395 e. The van der Waals surface area contributed by atoms with Gasteiger partial charge in [-0.1, -0.05) is 12.8 Å². The standard InChI is InChI=1S/C14H19F2NO2/c15-12-7-10(9-19)8-13(16)14(12)17(5-6-18)11-3-1-2-4-11/h7-8,11,18-19H,1-6,9H2. The van der Waals surface area contributed by atoms with Gasteiger partial charge in [0.15, 0.2) is 0 Å². The molecule has 1 aliphatic rings. The Morgan fingerprint density at radius 3 is 2.16 bits per heavy atom. The summed E-state index contributed by atoms with van der Waals surface area (Å²) in [5.74, 6) is -1.35. The lowest BCUT2D eigenvalue weighted by Crippen LogP contribution is -2.37. The summed E-state index contributed by atoms with van der Waals surface area (Å²) in [5.41, 5.74) is 0.132. The van der Waals surface area contributed by atoms with E-state index >= 15 is 0 Å². The van der Waals surface area contributed by atoms with Crippen molar-refractivity contribution in [2.75, 3.05) is 18.1 Å². The number of rotatable bonds is 5. The fourth-order valence-electron chi connectivity index (χ4n) is 2.78. The van der Waals surface area contributed by atoms with Crippen LogP contribution in [0.1, 0.15) is 31.2 Å². The smallest absolute Gasteiger partial charge is 0.149 e. The summed E-state index contributed by atoms with van der Waals surface area (Å²) in [6.07, 6.45) is 3.87. The Labute approximate surface area is 111 Å². The molecule has 5 heteroatoms. The first kappa shape index (κ1) is 14.2. The van der Waals surface area contributed by atoms with Crippen LogP contribution in [-0.4, -0.2) is 29.4 Å². The maximum Gasteiger partial charge on any atom is 0.149 e. The molecule has 1 fully saturated rings. The third-order valence-corrected chi connectivity index (χ3v) is 3.65. The highest BCUT2D eigenvalue weighted by molar-refractivity contribution is 5.51. The molecule has 106 valence electrons. The number of aliphatic hydroxyl groups excluding tert-OH is 2. The first-order valence-corrected chi connectivity index (χ1v) is 6.63. The second-order valence-corrected chi connectivity index (χ2v) is 4.92. The lowest BCUT2D eigenvalue weighted by molar-refractivity contribution is 0.280. The molecule has 0 amide bonds. The minimum Gasteiger partial charge on any atom is -0.395 e. The van der Waals surface area contributed by atoms with E-state index in [2.05, 4.69) is 0 Å². The van der Waals surface area contributed by atoms with E-state index in [1.165, 1.54) is 0 Å². The summed E-state index contributed by atoms with van der Waals surface area (Å²) >= 11 is 0. The molecule has 2 rings (SSSR count). The number of nitrogens with zero attached hydrogens (tertiary/aromatic N) is 1. The number of anilines is 1. The van der Waals surface area contributed by atoms with E-state index < -0.39 is 18.2 Å². The van der Waals surface area contributed by atoms with Gasteiger partial charge in [-0.05, 0) is 30.5 Å². The van der Waals surface area contributed by atoms with E-state index in [1.807, 2.05) is 0 Å². The van der Waals surface area contributed by atoms with E-state index in [4.69, 9.17) is 10.2 Å². The van der Waals surface area contributed by atoms with Crippen molar-refractivity contribution in [2.45, 2.75) is 38.3 Å². The molecule has 2 N–H and O–H groups in total. The Morgan fingerprint density at radius 1 is 1.11 bits per heavy atom. The lowest BCUT2D eigenvalue weighted by atomic mass is 10.1. The molecule has 3 nitrogen and oxygen atoms in total. The van der Waals surface area contributed by atoms with Gasteiger partial charge in [0.1, 0.15) is 17.3 Å². The molecule has 19 heavy (non-hydrogen) atoms. The van der Waals surface area contributed by atoms with Crippen LogP contribution in [0.5, 0.6) is 0 Å². The van der Waals surface area contributed by atoms with Gasteiger partial charge in [-0.2, -0.15) is 0 Å². The maximum absolute atomic E-state index is 14.1. The van der Waals surface area contributed by atoms with Crippen LogP contribution in [0.15, 0.2) is 12.1 Å². The van der Waals surface area contributed by atoms with Crippen molar-refractivity contribution >= 4 is 5.69 Å². The molecule has 0 aromatic heterocycles. The molecule has 0 atom stereocenters. The van der Waals surface area contributed by atoms with Crippen LogP contribution in [0.4, 0.5) is 14.5 Å². The summed E-state index contributed by atoms with van der Waals surface area (Å²) in [6.45, 7) is -0.314. The van der Waals surface area contributed by atoms with Crippen LogP contribution >= 0.6 is 0 Å². The number of hydrogen-bond acceptors (Lipinski definition) is 3. The maximum atomic E-state index is 14.1. The van der Waals surface area contributed by atoms with Crippen molar-refractivity contribution in [3.8, 4) is 0 Å². The Kier molecular flexibility index (Phi) is 4.71. The van der Waals surface area contributed by atoms with Gasteiger partial charge < -0.3 is 15.1 Å². The predicted molar refractivity (Wildman–Crippen MR) is 69.0 cm³/mol. The molecule has 0 aliphatic heterocycles. The van der Waals surface area contributed by atoms with Crippen LogP contribution in [0.2, 0.25) is 0 Å². The highest BCUT2D eigenvalue weighted by Crippen LogP contribution is 2.32. The van der Waals surface area contributed by atoms with Crippen LogP contribution in [0.3, 0.4) is 0 Å². The molecule has 0 spiro atoms. The molecule has 1 saturated carbocycles. The van der Waals surface area contributed by atoms with Gasteiger partial charge in [-0.15, -0.1) is 0 Å². The summed E-state index contributed by atoms with van der Waals surface area (Å²) in [5, 5.41) is 18.1. The molecule has 1 aliphatic carbocycles. The van der Waals surface area contributed by atoms with Gasteiger partial charge in [0.25, 0.3) is 0 Å². The summed E-state index contributed by atoms with van der Waals surface area (Å²) < 4.78 is 28.1. The molecule has 0 radical (unpaired) electrons. The SMILES string of the molecule is OCCN(c1c(F)cc(CO)cc1F)C1CCCC1. The highest BCUT2D eigenvalue weighted by Gasteiger charge is 2.27. The highest BCUT2D eigenvalue weighted by atomic mass is 19.1. The lowest BCUT2D eigenvalue weighted by Gasteiger charge is -2.31. The van der Waals surface area contributed by atoms with Gasteiger partial charge in [-0.25, -0.2) is 8.78 Å². The number of benzene rings is 1. The molecule has 0 saturated heterocycles. The van der Waals surface area contributed by atoms with Crippen LogP contribution in [-0.2, 0) is 6.61 Å². The van der Waals surface area contributed by atoms with Crippen molar-refractivity contribution < 1.29 is 19.0 Å². The number of hydrogen-bond donors (Lipinski definition) is 2. The zero-order chi connectivity index (χ0) is 13.8. The molecular weight excluding hydrogens is 252 g/mol. The second-order valence-electron chi connectivity index (χ2n) is 4.92. The monoisotopic (exact) mass is 271 g/mol. The van der Waals surface area contributed by atoms with E-state index in [9.17, 15) is 8.78 Å². The topological polar surface area (TPSA) is 43.7 Å². The first-order valence-electron chi connectivity index (χ1n) is 6.63. The van der Waals surface area contributed by atoms with Gasteiger partial charge in [-0.3, -0.25) is 0 Å². The average molecular weight is 271 g/mol. The quantitative estimate of drug-likeness (QED) is 0.863. The fraction of sp³-hybridized carbons (Fsp3) is 0.571. The summed E-state index contributed by atoms with van der Waals surface area (Å²) in [4.78, 5) is 1.62. The minimum atomic E-state index is -0.676. The Morgan fingerprint density at radius 2 is 1.68 bits per heavy atom. The third-order valence-electron chi connectivity index (χ3n) is 3.65. The normalized spacial score (nSPS) is 16.0. The summed E-state index contributed by atoms with van der Waals surface area (Å²) in [6, 6.07) is 2.38. The van der Waals surface area contributed by atoms with Crippen LogP contribution in [0, 0.1) is 11.6 Å². The fourth-order valence-corrected chi connectivity index (χ4v) is 2.78. The van der Waals surface area contributed by atoms with E-state index in [-0.39, 0.29) is 30.4 Å². The molecule has 1 aromatic carbocycles. The van der Waals surface area contributed by atoms with Gasteiger partial charge in [0, 0.05) is 12.6 Å². The van der Waals surface area contributed by atoms with Crippen molar-refractivity contribution in [1.29, 1.82) is 0 Å². The third kappa shape index (κ3) is 3.04. The van der Waals surface area contributed by atoms with E-state index in [0.717, 1.165) is 37.8 Å². The average Bonchev–Trinajstić information content (AvgIpc) is 2.90. The van der Waals surface area contributed by atoms with Gasteiger partial charge in [0.2, 0.25) is 0 Å². The molecule has 1 aromatic rings. The van der Waals surface area contributed by atoms with Crippen molar-refractivity contribution in [2.24, 2.45) is 0 Å². The van der Waals surface area contributed by atoms with Crippen molar-refractivity contribution in [3.63, 3.8) is 0 Å². The Bertz CT molecular complexity index is 410. The number of aliphatic hydroxyl groups is 2. The summed E-state index contributed by atoms with van der Waals surface area (Å²) in [7, 11) is 0. The Balaban J connectivity index is 2.35. The van der Waals surface area contributed by atoms with Crippen LogP contribution < -0.4 is 4.90 Å². The second kappa shape index (κ2) is 6.30. The van der Waals surface area contributed by atoms with Crippen LogP contribution in [0.25, 0.3) is 0 Å². The molecule has 0 bridgehead atoms. The Hall–Kier alpha value is -1.20. The van der Waals surface area contributed by atoms with E-state index in [0.29, 0.717) is 0 Å². The number of halogens is 2. The molecular formula is C14H19F2NO2. The van der Waals surface area contributed by atoms with Gasteiger partial charge >= 0.3 is 0 Å². The van der Waals surface area contributed by atoms with E-state index in [1.54, 1.807) is 4.90 Å². The zero-order valence-corrected chi connectivity index (χ0v) is 10.8. The van der Waals surface area contributed by atoms with Crippen molar-refractivity contribution in [3.05, 3.63) is 29.3 Å². The molecule has 0 heterocycles. The van der Waals surface area contributed by atoms with Crippen molar-refractivity contribution in [1.82, 2.24) is 0 Å². The zero-order valence-electron chi connectivity index (χ0n) is 10.8. The predicted octanol–water partition coefficient (Wildman–Crippen LogP) is 2.20. The first-order chi connectivity index (χ1) is 9.17. The minimum absolute atomic E-state index is 0.0797. The molecule has 0 unspecified atom stereocenters.